The lowest BCUT2D eigenvalue weighted by atomic mass is 10.2. The van der Waals surface area contributed by atoms with E-state index in [-0.39, 0.29) is 0 Å². The molecule has 112 valence electrons. The molecule has 0 saturated carbocycles. The standard InChI is InChI=1S/C14H29N3OS/c1-12(2)11-17(8-7-16(3)4)14(19)15-10-13-6-5-9-18-13/h12-13H,5-11H2,1-4H3,(H,15,19). The Bertz CT molecular complexity index is 265. The highest BCUT2D eigenvalue weighted by Gasteiger charge is 2.17. The summed E-state index contributed by atoms with van der Waals surface area (Å²) in [5.41, 5.74) is 0. The van der Waals surface area contributed by atoms with Crippen LogP contribution < -0.4 is 5.32 Å². The molecule has 0 aromatic heterocycles. The summed E-state index contributed by atoms with van der Waals surface area (Å²) in [5, 5.41) is 4.23. The molecular weight excluding hydrogens is 258 g/mol. The number of rotatable bonds is 7. The van der Waals surface area contributed by atoms with Crippen LogP contribution in [0, 0.1) is 5.92 Å². The number of ether oxygens (including phenoxy) is 1. The van der Waals surface area contributed by atoms with Crippen molar-refractivity contribution in [2.24, 2.45) is 5.92 Å². The fraction of sp³-hybridized carbons (Fsp3) is 0.929. The second-order valence-electron chi connectivity index (χ2n) is 5.96. The van der Waals surface area contributed by atoms with Gasteiger partial charge in [0.15, 0.2) is 5.11 Å². The van der Waals surface area contributed by atoms with Crippen molar-refractivity contribution in [3.8, 4) is 0 Å². The molecule has 1 N–H and O–H groups in total. The van der Waals surface area contributed by atoms with Gasteiger partial charge in [-0.3, -0.25) is 0 Å². The summed E-state index contributed by atoms with van der Waals surface area (Å²) in [6.45, 7) is 9.20. The van der Waals surface area contributed by atoms with Gasteiger partial charge in [0.2, 0.25) is 0 Å². The average molecular weight is 287 g/mol. The van der Waals surface area contributed by atoms with Gasteiger partial charge in [-0.15, -0.1) is 0 Å². The molecule has 1 atom stereocenters. The Balaban J connectivity index is 2.35. The topological polar surface area (TPSA) is 27.7 Å². The van der Waals surface area contributed by atoms with Gasteiger partial charge >= 0.3 is 0 Å². The first-order valence-electron chi connectivity index (χ1n) is 7.28. The third-order valence-electron chi connectivity index (χ3n) is 3.19. The normalized spacial score (nSPS) is 19.2. The predicted octanol–water partition coefficient (Wildman–Crippen LogP) is 1.56. The minimum atomic E-state index is 0.340. The van der Waals surface area contributed by atoms with Crippen LogP contribution in [0.5, 0.6) is 0 Å². The lowest BCUT2D eigenvalue weighted by Crippen LogP contribution is -2.46. The SMILES string of the molecule is CC(C)CN(CCN(C)C)C(=S)NCC1CCCO1. The van der Waals surface area contributed by atoms with Crippen molar-refractivity contribution in [1.29, 1.82) is 0 Å². The molecule has 1 rings (SSSR count). The first kappa shape index (κ1) is 16.7. The maximum absolute atomic E-state index is 5.61. The van der Waals surface area contributed by atoms with Gasteiger partial charge < -0.3 is 19.9 Å². The highest BCUT2D eigenvalue weighted by molar-refractivity contribution is 7.80. The van der Waals surface area contributed by atoms with E-state index in [0.29, 0.717) is 12.0 Å². The van der Waals surface area contributed by atoms with E-state index < -0.39 is 0 Å². The molecule has 0 spiro atoms. The molecule has 1 heterocycles. The molecule has 5 heteroatoms. The monoisotopic (exact) mass is 287 g/mol. The molecule has 1 fully saturated rings. The van der Waals surface area contributed by atoms with Crippen LogP contribution in [-0.4, -0.2) is 67.9 Å². The van der Waals surface area contributed by atoms with Crippen LogP contribution in [0.4, 0.5) is 0 Å². The van der Waals surface area contributed by atoms with Crippen molar-refractivity contribution in [2.75, 3.05) is 46.9 Å². The van der Waals surface area contributed by atoms with Crippen LogP contribution in [0.15, 0.2) is 0 Å². The van der Waals surface area contributed by atoms with Crippen molar-refractivity contribution in [2.45, 2.75) is 32.8 Å². The molecule has 1 saturated heterocycles. The molecule has 0 bridgehead atoms. The van der Waals surface area contributed by atoms with E-state index in [9.17, 15) is 0 Å². The summed E-state index contributed by atoms with van der Waals surface area (Å²) in [6, 6.07) is 0. The average Bonchev–Trinajstić information content (AvgIpc) is 2.83. The Hall–Kier alpha value is -0.390. The zero-order valence-electron chi connectivity index (χ0n) is 12.8. The largest absolute Gasteiger partial charge is 0.376 e. The van der Waals surface area contributed by atoms with Gasteiger partial charge in [0, 0.05) is 32.8 Å². The minimum Gasteiger partial charge on any atom is -0.376 e. The maximum Gasteiger partial charge on any atom is 0.169 e. The van der Waals surface area contributed by atoms with Gasteiger partial charge in [0.1, 0.15) is 0 Å². The van der Waals surface area contributed by atoms with Crippen molar-refractivity contribution in [3.63, 3.8) is 0 Å². The molecule has 0 radical (unpaired) electrons. The summed E-state index contributed by atoms with van der Waals surface area (Å²) < 4.78 is 5.61. The van der Waals surface area contributed by atoms with Crippen molar-refractivity contribution >= 4 is 17.3 Å². The van der Waals surface area contributed by atoms with Crippen molar-refractivity contribution < 1.29 is 4.74 Å². The maximum atomic E-state index is 5.61. The third-order valence-corrected chi connectivity index (χ3v) is 3.60. The number of hydrogen-bond donors (Lipinski definition) is 1. The molecule has 1 aliphatic rings. The third kappa shape index (κ3) is 7.09. The Morgan fingerprint density at radius 3 is 2.63 bits per heavy atom. The molecular formula is C14H29N3OS. The Kier molecular flexibility index (Phi) is 7.64. The van der Waals surface area contributed by atoms with Crippen LogP contribution in [0.2, 0.25) is 0 Å². The van der Waals surface area contributed by atoms with Crippen LogP contribution in [-0.2, 0) is 4.74 Å². The number of nitrogens with zero attached hydrogens (tertiary/aromatic N) is 2. The van der Waals surface area contributed by atoms with Gasteiger partial charge in [-0.25, -0.2) is 0 Å². The summed E-state index contributed by atoms with van der Waals surface area (Å²) in [5.74, 6) is 0.615. The summed E-state index contributed by atoms with van der Waals surface area (Å²) in [4.78, 5) is 4.46. The molecule has 0 amide bonds. The van der Waals surface area contributed by atoms with Gasteiger partial charge in [0.05, 0.1) is 6.10 Å². The van der Waals surface area contributed by atoms with Gasteiger partial charge in [-0.1, -0.05) is 13.8 Å². The number of hydrogen-bond acceptors (Lipinski definition) is 3. The molecule has 1 unspecified atom stereocenters. The van der Waals surface area contributed by atoms with E-state index in [1.807, 2.05) is 0 Å². The second-order valence-corrected chi connectivity index (χ2v) is 6.35. The summed E-state index contributed by atoms with van der Waals surface area (Å²) in [7, 11) is 4.19. The zero-order chi connectivity index (χ0) is 14.3. The van der Waals surface area contributed by atoms with E-state index in [2.05, 4.69) is 43.1 Å². The molecule has 0 aliphatic carbocycles. The Labute approximate surface area is 123 Å². The summed E-state index contributed by atoms with van der Waals surface area (Å²) in [6.07, 6.45) is 2.67. The molecule has 1 aliphatic heterocycles. The first-order valence-corrected chi connectivity index (χ1v) is 7.69. The number of thiocarbonyl (C=S) groups is 1. The lowest BCUT2D eigenvalue weighted by Gasteiger charge is -2.29. The van der Waals surface area contributed by atoms with E-state index in [0.717, 1.165) is 44.3 Å². The minimum absolute atomic E-state index is 0.340. The fourth-order valence-electron chi connectivity index (χ4n) is 2.16. The zero-order valence-corrected chi connectivity index (χ0v) is 13.6. The van der Waals surface area contributed by atoms with Crippen LogP contribution >= 0.6 is 12.2 Å². The molecule has 0 aromatic rings. The van der Waals surface area contributed by atoms with Crippen molar-refractivity contribution in [3.05, 3.63) is 0 Å². The molecule has 19 heavy (non-hydrogen) atoms. The fourth-order valence-corrected chi connectivity index (χ4v) is 2.40. The van der Waals surface area contributed by atoms with E-state index in [1.165, 1.54) is 6.42 Å². The van der Waals surface area contributed by atoms with Crippen molar-refractivity contribution in [1.82, 2.24) is 15.1 Å². The molecule has 0 aromatic carbocycles. The van der Waals surface area contributed by atoms with E-state index in [4.69, 9.17) is 17.0 Å². The summed E-state index contributed by atoms with van der Waals surface area (Å²) >= 11 is 5.52. The quantitative estimate of drug-likeness (QED) is 0.717. The lowest BCUT2D eigenvalue weighted by molar-refractivity contribution is 0.113. The highest BCUT2D eigenvalue weighted by atomic mass is 32.1. The van der Waals surface area contributed by atoms with E-state index >= 15 is 0 Å². The molecule has 4 nitrogen and oxygen atoms in total. The van der Waals surface area contributed by atoms with Crippen LogP contribution in [0.25, 0.3) is 0 Å². The number of nitrogens with one attached hydrogen (secondary N) is 1. The Morgan fingerprint density at radius 2 is 2.11 bits per heavy atom. The van der Waals surface area contributed by atoms with Gasteiger partial charge in [-0.2, -0.15) is 0 Å². The Morgan fingerprint density at radius 1 is 1.37 bits per heavy atom. The smallest absolute Gasteiger partial charge is 0.169 e. The van der Waals surface area contributed by atoms with Crippen LogP contribution in [0.1, 0.15) is 26.7 Å². The van der Waals surface area contributed by atoms with Gasteiger partial charge in [0.25, 0.3) is 0 Å². The highest BCUT2D eigenvalue weighted by Crippen LogP contribution is 2.10. The number of likely N-dealkylation sites (N-methyl/N-ethyl adjacent to an activating group) is 1. The first-order chi connectivity index (χ1) is 8.99. The van der Waals surface area contributed by atoms with Gasteiger partial charge in [-0.05, 0) is 45.1 Å². The predicted molar refractivity (Wildman–Crippen MR) is 84.5 cm³/mol. The second kappa shape index (κ2) is 8.72. The van der Waals surface area contributed by atoms with Crippen LogP contribution in [0.3, 0.4) is 0 Å². The van der Waals surface area contributed by atoms with E-state index in [1.54, 1.807) is 0 Å².